The number of hydrogen-bond acceptors (Lipinski definition) is 10. The molecule has 2 N–H and O–H groups in total. The summed E-state index contributed by atoms with van der Waals surface area (Å²) in [4.78, 5) is 54.5. The van der Waals surface area contributed by atoms with Gasteiger partial charge in [-0.1, -0.05) is 12.1 Å². The molecule has 2 amide bonds. The van der Waals surface area contributed by atoms with Crippen molar-refractivity contribution in [2.75, 3.05) is 14.2 Å². The van der Waals surface area contributed by atoms with E-state index in [2.05, 4.69) is 15.5 Å². The minimum Gasteiger partial charge on any atom is -0.497 e. The van der Waals surface area contributed by atoms with E-state index in [4.69, 9.17) is 9.47 Å². The molecule has 2 saturated heterocycles. The number of nitrogens with zero attached hydrogens (tertiary/aromatic N) is 2. The van der Waals surface area contributed by atoms with Crippen LogP contribution < -0.4 is 15.4 Å². The van der Waals surface area contributed by atoms with E-state index in [0.29, 0.717) is 11.3 Å². The fourth-order valence-corrected chi connectivity index (χ4v) is 5.60. The number of fused-ring (bicyclic) bond motifs is 1. The summed E-state index contributed by atoms with van der Waals surface area (Å²) in [5.41, 5.74) is 0.695. The van der Waals surface area contributed by atoms with Crippen molar-refractivity contribution in [2.24, 2.45) is 0 Å². The number of ether oxygens (including phenoxy) is 2. The molecule has 2 heterocycles. The molecule has 0 saturated carbocycles. The van der Waals surface area contributed by atoms with Crippen molar-refractivity contribution in [3.8, 4) is 5.75 Å². The maximum Gasteiger partial charge on any atom is 0.332 e. The lowest BCUT2D eigenvalue weighted by Crippen LogP contribution is -2.71. The van der Waals surface area contributed by atoms with Crippen LogP contribution in [0.4, 0.5) is 0 Å². The molecule has 0 aromatic heterocycles. The summed E-state index contributed by atoms with van der Waals surface area (Å²) in [5, 5.41) is 14.6. The number of thioether (sulfide) groups is 1. The Morgan fingerprint density at radius 3 is 2.45 bits per heavy atom. The molecule has 33 heavy (non-hydrogen) atoms. The zero-order chi connectivity index (χ0) is 24.5. The third-order valence-corrected chi connectivity index (χ3v) is 7.05. The third-order valence-electron chi connectivity index (χ3n) is 5.48. The van der Waals surface area contributed by atoms with E-state index in [-0.39, 0.29) is 0 Å². The first-order valence-corrected chi connectivity index (χ1v) is 11.0. The Labute approximate surface area is 194 Å². The second-order valence-corrected chi connectivity index (χ2v) is 9.85. The summed E-state index contributed by atoms with van der Waals surface area (Å²) < 4.78 is 9.40. The van der Waals surface area contributed by atoms with Gasteiger partial charge in [0.25, 0.3) is 5.09 Å². The van der Waals surface area contributed by atoms with Gasteiger partial charge >= 0.3 is 5.97 Å². The fraction of sp³-hybridized carbons (Fsp3) is 0.550. The average Bonchev–Trinajstić information content (AvgIpc) is 3.00. The summed E-state index contributed by atoms with van der Waals surface area (Å²) in [6, 6.07) is 4.48. The average molecular weight is 483 g/mol. The highest BCUT2D eigenvalue weighted by Gasteiger charge is 2.64. The lowest BCUT2D eigenvalue weighted by atomic mass is 9.95. The second-order valence-electron chi connectivity index (χ2n) is 8.07. The van der Waals surface area contributed by atoms with Gasteiger partial charge in [0.2, 0.25) is 18.1 Å². The van der Waals surface area contributed by atoms with Crippen LogP contribution in [-0.4, -0.2) is 70.4 Å². The van der Waals surface area contributed by atoms with Crippen molar-refractivity contribution >= 4 is 29.5 Å². The monoisotopic (exact) mass is 482 g/mol. The van der Waals surface area contributed by atoms with Crippen LogP contribution in [0.1, 0.15) is 32.4 Å². The van der Waals surface area contributed by atoms with E-state index in [1.165, 1.54) is 23.6 Å². The fourth-order valence-electron chi connectivity index (χ4n) is 3.98. The van der Waals surface area contributed by atoms with E-state index in [9.17, 15) is 24.5 Å². The van der Waals surface area contributed by atoms with Crippen LogP contribution >= 0.6 is 11.8 Å². The van der Waals surface area contributed by atoms with Gasteiger partial charge in [-0.15, -0.1) is 21.9 Å². The highest BCUT2D eigenvalue weighted by Crippen LogP contribution is 2.51. The Morgan fingerprint density at radius 1 is 1.27 bits per heavy atom. The van der Waals surface area contributed by atoms with Crippen LogP contribution in [0, 0.1) is 10.1 Å². The number of rotatable bonds is 9. The first-order chi connectivity index (χ1) is 15.5. The van der Waals surface area contributed by atoms with Crippen LogP contribution in [0.5, 0.6) is 5.75 Å². The zero-order valence-electron chi connectivity index (χ0n) is 18.8. The smallest absolute Gasteiger partial charge is 0.332 e. The Kier molecular flexibility index (Phi) is 7.03. The number of hydrogen-bond donors (Lipinski definition) is 2. The molecule has 1 aromatic rings. The van der Waals surface area contributed by atoms with Gasteiger partial charge in [-0.05, 0) is 45.5 Å². The Hall–Kier alpha value is -3.06. The minimum absolute atomic E-state index is 0.391. The lowest BCUT2D eigenvalue weighted by molar-refractivity contribution is -0.777. The number of methoxy groups -OCH3 is 1. The molecule has 3 rings (SSSR count). The first kappa shape index (κ1) is 24.6. The van der Waals surface area contributed by atoms with Gasteiger partial charge in [-0.25, -0.2) is 4.79 Å². The molecule has 1 aromatic carbocycles. The quantitative estimate of drug-likeness (QED) is 0.168. The molecular weight excluding hydrogens is 456 g/mol. The van der Waals surface area contributed by atoms with Gasteiger partial charge in [0.05, 0.1) is 7.11 Å². The molecule has 1 unspecified atom stereocenters. The maximum absolute atomic E-state index is 12.9. The van der Waals surface area contributed by atoms with Gasteiger partial charge in [0, 0.05) is 4.75 Å². The number of benzene rings is 1. The molecule has 13 heteroatoms. The third kappa shape index (κ3) is 4.83. The number of amides is 2. The van der Waals surface area contributed by atoms with Gasteiger partial charge in [0.1, 0.15) is 29.2 Å². The molecule has 0 bridgehead atoms. The van der Waals surface area contributed by atoms with E-state index < -0.39 is 57.4 Å². The molecular formula is C20H26N4O8S. The van der Waals surface area contributed by atoms with Gasteiger partial charge < -0.3 is 25.0 Å². The minimum atomic E-state index is -1.42. The molecule has 2 aliphatic rings. The van der Waals surface area contributed by atoms with Crippen molar-refractivity contribution < 1.29 is 33.8 Å². The van der Waals surface area contributed by atoms with Crippen LogP contribution in [0.3, 0.4) is 0 Å². The van der Waals surface area contributed by atoms with Crippen LogP contribution in [0.25, 0.3) is 0 Å². The van der Waals surface area contributed by atoms with Gasteiger partial charge in [-0.3, -0.25) is 14.4 Å². The van der Waals surface area contributed by atoms with E-state index >= 15 is 0 Å². The van der Waals surface area contributed by atoms with Crippen molar-refractivity contribution in [2.45, 2.75) is 55.3 Å². The van der Waals surface area contributed by atoms with E-state index in [1.807, 2.05) is 0 Å². The molecule has 2 aliphatic heterocycles. The molecule has 0 aliphatic carbocycles. The molecule has 12 nitrogen and oxygen atoms in total. The van der Waals surface area contributed by atoms with Crippen LogP contribution in [0.15, 0.2) is 24.3 Å². The summed E-state index contributed by atoms with van der Waals surface area (Å²) >= 11 is 1.35. The maximum atomic E-state index is 12.9. The number of carbonyl (C=O) groups is 3. The van der Waals surface area contributed by atoms with Crippen LogP contribution in [-0.2, 0) is 24.0 Å². The van der Waals surface area contributed by atoms with Crippen molar-refractivity contribution in [1.29, 1.82) is 0 Å². The van der Waals surface area contributed by atoms with Crippen molar-refractivity contribution in [1.82, 2.24) is 15.5 Å². The summed E-state index contributed by atoms with van der Waals surface area (Å²) in [6.07, 6.45) is -1.42. The Morgan fingerprint density at radius 2 is 1.91 bits per heavy atom. The predicted molar refractivity (Wildman–Crippen MR) is 116 cm³/mol. The summed E-state index contributed by atoms with van der Waals surface area (Å²) in [6.45, 7) is 4.74. The topological polar surface area (TPSA) is 149 Å². The van der Waals surface area contributed by atoms with Crippen LogP contribution in [0.2, 0.25) is 0 Å². The largest absolute Gasteiger partial charge is 0.497 e. The number of likely N-dealkylation sites (N-methyl/N-ethyl adjacent to an activating group) is 1. The van der Waals surface area contributed by atoms with Crippen molar-refractivity contribution in [3.63, 3.8) is 0 Å². The van der Waals surface area contributed by atoms with Crippen molar-refractivity contribution in [3.05, 3.63) is 39.9 Å². The van der Waals surface area contributed by atoms with Gasteiger partial charge in [0.15, 0.2) is 0 Å². The van der Waals surface area contributed by atoms with Gasteiger partial charge in [-0.2, -0.15) is 0 Å². The number of carbonyl (C=O) groups excluding carboxylic acids is 3. The highest BCUT2D eigenvalue weighted by molar-refractivity contribution is 8.01. The molecule has 2 fully saturated rings. The lowest BCUT2D eigenvalue weighted by Gasteiger charge is -2.44. The molecule has 0 radical (unpaired) electrons. The number of nitrogens with one attached hydrogen (secondary N) is 2. The number of β-lactam (4-membered cyclic amide) rings is 1. The number of esters is 1. The SMILES string of the molecule is CN[C@@H](C(=O)N[C@@H]1C(=O)N2[C@@H]1SC(C)(C)[C@@H]2C(=O)OC(C)O[N+](=O)[O-])c1ccc(OC)cc1. The normalized spacial score (nSPS) is 24.7. The highest BCUT2D eigenvalue weighted by atomic mass is 32.2. The zero-order valence-corrected chi connectivity index (χ0v) is 19.6. The first-order valence-electron chi connectivity index (χ1n) is 10.1. The molecule has 5 atom stereocenters. The van der Waals surface area contributed by atoms with E-state index in [0.717, 1.165) is 0 Å². The standard InChI is InChI=1S/C20H26N4O8S/c1-10(32-24(28)29)31-19(27)15-20(2,3)33-18-14(17(26)23(15)18)22-16(25)13(21-4)11-6-8-12(30-5)9-7-11/h6-10,13-15,18,21H,1-5H3,(H,22,25)/t10?,13-,14-,15+,18-/m1/s1. The van der Waals surface area contributed by atoms with E-state index in [1.54, 1.807) is 52.3 Å². The second kappa shape index (κ2) is 9.43. The Balaban J connectivity index is 1.69. The molecule has 0 spiro atoms. The summed E-state index contributed by atoms with van der Waals surface area (Å²) in [7, 11) is 3.18. The summed E-state index contributed by atoms with van der Waals surface area (Å²) in [5.74, 6) is -0.980. The Bertz CT molecular complexity index is 940. The molecule has 180 valence electrons. The predicted octanol–water partition coefficient (Wildman–Crippen LogP) is 0.600.